The van der Waals surface area contributed by atoms with Crippen LogP contribution in [0.1, 0.15) is 39.6 Å². The van der Waals surface area contributed by atoms with Gasteiger partial charge in [0.15, 0.2) is 0 Å². The smallest absolute Gasteiger partial charge is 0.265 e. The normalized spacial score (nSPS) is 16.6. The third kappa shape index (κ3) is 3.77. The molecule has 0 spiro atoms. The van der Waals surface area contributed by atoms with E-state index in [0.29, 0.717) is 6.54 Å². The molecule has 1 amide bonds. The molecule has 0 atom stereocenters. The summed E-state index contributed by atoms with van der Waals surface area (Å²) in [6, 6.07) is 0. The van der Waals surface area contributed by atoms with Crippen molar-refractivity contribution < 1.29 is 9.53 Å². The molecule has 112 valence electrons. The van der Waals surface area contributed by atoms with Crippen LogP contribution in [0.2, 0.25) is 0 Å². The zero-order valence-corrected chi connectivity index (χ0v) is 13.0. The quantitative estimate of drug-likeness (QED) is 0.840. The second-order valence-corrected chi connectivity index (χ2v) is 6.36. The molecular formula is C14H23N3O2S. The van der Waals surface area contributed by atoms with Gasteiger partial charge in [0.05, 0.1) is 16.8 Å². The first-order valence-corrected chi connectivity index (χ1v) is 7.98. The number of ether oxygens (including phenoxy) is 1. The van der Waals surface area contributed by atoms with E-state index >= 15 is 0 Å². The molecular weight excluding hydrogens is 274 g/mol. The SMILES string of the molecule is Cc1nc(C)c(C(=O)N2CCC(OCCCN)CC2)s1. The number of carbonyl (C=O) groups is 1. The van der Waals surface area contributed by atoms with Crippen LogP contribution in [0.3, 0.4) is 0 Å². The van der Waals surface area contributed by atoms with Crippen molar-refractivity contribution in [2.45, 2.75) is 39.2 Å². The number of likely N-dealkylation sites (tertiary alicyclic amines) is 1. The number of nitrogens with zero attached hydrogens (tertiary/aromatic N) is 2. The maximum Gasteiger partial charge on any atom is 0.265 e. The molecule has 0 saturated carbocycles. The molecule has 1 aromatic heterocycles. The Morgan fingerprint density at radius 2 is 2.15 bits per heavy atom. The molecule has 0 aliphatic carbocycles. The number of rotatable bonds is 5. The lowest BCUT2D eigenvalue weighted by Crippen LogP contribution is -2.41. The van der Waals surface area contributed by atoms with Crippen LogP contribution < -0.4 is 5.73 Å². The van der Waals surface area contributed by atoms with Gasteiger partial charge in [-0.2, -0.15) is 0 Å². The lowest BCUT2D eigenvalue weighted by molar-refractivity contribution is 0.00855. The highest BCUT2D eigenvalue weighted by Gasteiger charge is 2.26. The van der Waals surface area contributed by atoms with Gasteiger partial charge in [0.1, 0.15) is 4.88 Å². The van der Waals surface area contributed by atoms with E-state index in [-0.39, 0.29) is 12.0 Å². The Balaban J connectivity index is 1.84. The summed E-state index contributed by atoms with van der Waals surface area (Å²) in [5.74, 6) is 0.119. The summed E-state index contributed by atoms with van der Waals surface area (Å²) >= 11 is 1.49. The largest absolute Gasteiger partial charge is 0.378 e. The third-order valence-electron chi connectivity index (χ3n) is 3.53. The van der Waals surface area contributed by atoms with Crippen LogP contribution in [0.5, 0.6) is 0 Å². The van der Waals surface area contributed by atoms with E-state index in [1.165, 1.54) is 11.3 Å². The Kier molecular flexibility index (Phi) is 5.51. The van der Waals surface area contributed by atoms with Crippen LogP contribution in [0.25, 0.3) is 0 Å². The van der Waals surface area contributed by atoms with Gasteiger partial charge in [-0.15, -0.1) is 11.3 Å². The van der Waals surface area contributed by atoms with Crippen molar-refractivity contribution in [3.8, 4) is 0 Å². The van der Waals surface area contributed by atoms with Crippen LogP contribution in [0.4, 0.5) is 0 Å². The lowest BCUT2D eigenvalue weighted by atomic mass is 10.1. The van der Waals surface area contributed by atoms with Gasteiger partial charge in [0, 0.05) is 19.7 Å². The number of carbonyl (C=O) groups excluding carboxylic acids is 1. The highest BCUT2D eigenvalue weighted by Crippen LogP contribution is 2.22. The number of thiazole rings is 1. The van der Waals surface area contributed by atoms with E-state index in [2.05, 4.69) is 4.98 Å². The van der Waals surface area contributed by atoms with Gasteiger partial charge >= 0.3 is 0 Å². The Labute approximate surface area is 124 Å². The lowest BCUT2D eigenvalue weighted by Gasteiger charge is -2.31. The first kappa shape index (κ1) is 15.4. The fraction of sp³-hybridized carbons (Fsp3) is 0.714. The summed E-state index contributed by atoms with van der Waals surface area (Å²) in [6.45, 7) is 6.76. The minimum absolute atomic E-state index is 0.119. The average molecular weight is 297 g/mol. The van der Waals surface area contributed by atoms with E-state index < -0.39 is 0 Å². The number of piperidine rings is 1. The Morgan fingerprint density at radius 1 is 1.45 bits per heavy atom. The first-order valence-electron chi connectivity index (χ1n) is 7.16. The molecule has 2 heterocycles. The molecule has 1 saturated heterocycles. The summed E-state index contributed by atoms with van der Waals surface area (Å²) in [7, 11) is 0. The van der Waals surface area contributed by atoms with Gasteiger partial charge in [-0.1, -0.05) is 0 Å². The number of hydrogen-bond donors (Lipinski definition) is 1. The van der Waals surface area contributed by atoms with Gasteiger partial charge < -0.3 is 15.4 Å². The van der Waals surface area contributed by atoms with Crippen LogP contribution >= 0.6 is 11.3 Å². The van der Waals surface area contributed by atoms with Crippen LogP contribution in [0.15, 0.2) is 0 Å². The van der Waals surface area contributed by atoms with Gasteiger partial charge in [0.25, 0.3) is 5.91 Å². The minimum atomic E-state index is 0.119. The molecule has 2 rings (SSSR count). The van der Waals surface area contributed by atoms with E-state index in [4.69, 9.17) is 10.5 Å². The number of amides is 1. The third-order valence-corrected chi connectivity index (χ3v) is 4.59. The van der Waals surface area contributed by atoms with Crippen LogP contribution in [-0.2, 0) is 4.74 Å². The average Bonchev–Trinajstić information content (AvgIpc) is 2.78. The van der Waals surface area contributed by atoms with Gasteiger partial charge in [-0.3, -0.25) is 4.79 Å². The minimum Gasteiger partial charge on any atom is -0.378 e. The molecule has 1 aliphatic heterocycles. The van der Waals surface area contributed by atoms with Crippen molar-refractivity contribution in [2.24, 2.45) is 5.73 Å². The Hall–Kier alpha value is -0.980. The summed E-state index contributed by atoms with van der Waals surface area (Å²) < 4.78 is 5.76. The number of nitrogens with two attached hydrogens (primary N) is 1. The maximum absolute atomic E-state index is 12.4. The van der Waals surface area contributed by atoms with E-state index in [1.54, 1.807) is 0 Å². The maximum atomic E-state index is 12.4. The topological polar surface area (TPSA) is 68.5 Å². The number of hydrogen-bond acceptors (Lipinski definition) is 5. The van der Waals surface area contributed by atoms with E-state index in [9.17, 15) is 4.79 Å². The van der Waals surface area contributed by atoms with Crippen molar-refractivity contribution >= 4 is 17.2 Å². The van der Waals surface area contributed by atoms with Crippen LogP contribution in [-0.4, -0.2) is 48.1 Å². The first-order chi connectivity index (χ1) is 9.61. The molecule has 1 fully saturated rings. The van der Waals surface area contributed by atoms with Crippen molar-refractivity contribution in [3.63, 3.8) is 0 Å². The summed E-state index contributed by atoms with van der Waals surface area (Å²) in [5, 5.41) is 0.950. The predicted octanol–water partition coefficient (Wildman–Crippen LogP) is 1.73. The Morgan fingerprint density at radius 3 is 2.70 bits per heavy atom. The van der Waals surface area contributed by atoms with Gasteiger partial charge in [-0.25, -0.2) is 4.98 Å². The Bertz CT molecular complexity index is 453. The zero-order valence-electron chi connectivity index (χ0n) is 12.2. The second kappa shape index (κ2) is 7.15. The number of aryl methyl sites for hydroxylation is 2. The highest BCUT2D eigenvalue weighted by molar-refractivity contribution is 7.13. The molecule has 5 nitrogen and oxygen atoms in total. The van der Waals surface area contributed by atoms with Crippen molar-refractivity contribution in [3.05, 3.63) is 15.6 Å². The molecule has 20 heavy (non-hydrogen) atoms. The summed E-state index contributed by atoms with van der Waals surface area (Å²) in [5.41, 5.74) is 6.29. The van der Waals surface area contributed by atoms with Gasteiger partial charge in [-0.05, 0) is 39.7 Å². The molecule has 0 radical (unpaired) electrons. The highest BCUT2D eigenvalue weighted by atomic mass is 32.1. The van der Waals surface area contributed by atoms with Crippen molar-refractivity contribution in [2.75, 3.05) is 26.2 Å². The molecule has 2 N–H and O–H groups in total. The van der Waals surface area contributed by atoms with Crippen LogP contribution in [0, 0.1) is 13.8 Å². The molecule has 6 heteroatoms. The van der Waals surface area contributed by atoms with E-state index in [1.807, 2.05) is 18.7 Å². The molecule has 1 aliphatic rings. The fourth-order valence-electron chi connectivity index (χ4n) is 2.43. The monoisotopic (exact) mass is 297 g/mol. The zero-order chi connectivity index (χ0) is 14.5. The molecule has 1 aromatic rings. The van der Waals surface area contributed by atoms with Crippen molar-refractivity contribution in [1.29, 1.82) is 0 Å². The number of aromatic nitrogens is 1. The van der Waals surface area contributed by atoms with E-state index in [0.717, 1.165) is 54.5 Å². The molecule has 0 aromatic carbocycles. The predicted molar refractivity (Wildman–Crippen MR) is 80.1 cm³/mol. The standard InChI is InChI=1S/C14H23N3O2S/c1-10-13(20-11(2)16-10)14(18)17-7-4-12(5-8-17)19-9-3-6-15/h12H,3-9,15H2,1-2H3. The fourth-order valence-corrected chi connectivity index (χ4v) is 3.32. The van der Waals surface area contributed by atoms with Crippen molar-refractivity contribution in [1.82, 2.24) is 9.88 Å². The summed E-state index contributed by atoms with van der Waals surface area (Å²) in [4.78, 5) is 19.5. The molecule has 0 unspecified atom stereocenters. The van der Waals surface area contributed by atoms with Gasteiger partial charge in [0.2, 0.25) is 0 Å². The summed E-state index contributed by atoms with van der Waals surface area (Å²) in [6.07, 6.45) is 2.99. The second-order valence-electron chi connectivity index (χ2n) is 5.15. The molecule has 0 bridgehead atoms.